The van der Waals surface area contributed by atoms with Crippen molar-refractivity contribution in [2.75, 3.05) is 29.6 Å². The predicted octanol–water partition coefficient (Wildman–Crippen LogP) is 3.27. The zero-order valence-electron chi connectivity index (χ0n) is 24.0. The normalized spacial score (nSPS) is 15.1. The van der Waals surface area contributed by atoms with Crippen LogP contribution in [0.25, 0.3) is 10.9 Å². The summed E-state index contributed by atoms with van der Waals surface area (Å²) in [6, 6.07) is 8.45. The van der Waals surface area contributed by atoms with Crippen LogP contribution in [-0.2, 0) is 24.1 Å². The molecule has 12 nitrogen and oxygen atoms in total. The highest BCUT2D eigenvalue weighted by molar-refractivity contribution is 7.89. The third kappa shape index (κ3) is 5.97. The van der Waals surface area contributed by atoms with E-state index in [1.54, 1.807) is 17.7 Å². The van der Waals surface area contributed by atoms with Crippen molar-refractivity contribution in [3.63, 3.8) is 0 Å². The molecule has 1 atom stereocenters. The van der Waals surface area contributed by atoms with Gasteiger partial charge in [0, 0.05) is 50.6 Å². The Bertz CT molecular complexity index is 1840. The van der Waals surface area contributed by atoms with Crippen molar-refractivity contribution >= 4 is 50.1 Å². The van der Waals surface area contributed by atoms with E-state index in [4.69, 9.17) is 16.6 Å². The van der Waals surface area contributed by atoms with Crippen LogP contribution in [0.4, 0.5) is 11.6 Å². The Morgan fingerprint density at radius 1 is 1.12 bits per heavy atom. The Morgan fingerprint density at radius 3 is 2.48 bits per heavy atom. The third-order valence-corrected chi connectivity index (χ3v) is 8.35. The molecule has 0 bridgehead atoms. The first-order valence-corrected chi connectivity index (χ1v) is 15.8. The van der Waals surface area contributed by atoms with Crippen LogP contribution in [0.5, 0.6) is 0 Å². The number of fused-ring (bicyclic) bond motifs is 1. The fraction of sp³-hybridized carbons (Fsp3) is 0.393. The Hall–Kier alpha value is -3.97. The molecule has 14 heteroatoms. The smallest absolute Gasteiger partial charge is 0.285 e. The van der Waals surface area contributed by atoms with E-state index in [1.165, 1.54) is 11.8 Å². The van der Waals surface area contributed by atoms with E-state index in [0.29, 0.717) is 22.8 Å². The molecule has 1 saturated heterocycles. The number of piperidine rings is 1. The Balaban J connectivity index is 1.49. The summed E-state index contributed by atoms with van der Waals surface area (Å²) in [5.74, 6) is 0.0676. The lowest BCUT2D eigenvalue weighted by atomic mass is 9.93. The van der Waals surface area contributed by atoms with E-state index < -0.39 is 22.0 Å². The zero-order chi connectivity index (χ0) is 30.3. The first-order chi connectivity index (χ1) is 19.8. The minimum Gasteiger partial charge on any atom is -0.377 e. The van der Waals surface area contributed by atoms with Gasteiger partial charge in [-0.1, -0.05) is 17.7 Å². The van der Waals surface area contributed by atoms with E-state index >= 15 is 0 Å². The van der Waals surface area contributed by atoms with Crippen LogP contribution in [0.15, 0.2) is 41.3 Å². The second-order valence-electron chi connectivity index (χ2n) is 10.8. The number of hydrogen-bond acceptors (Lipinski definition) is 9. The molecule has 1 aliphatic heterocycles. The van der Waals surface area contributed by atoms with Gasteiger partial charge in [-0.15, -0.1) is 0 Å². The first-order valence-electron chi connectivity index (χ1n) is 13.5. The number of sulfonamides is 1. The maximum Gasteiger partial charge on any atom is 0.285 e. The van der Waals surface area contributed by atoms with Crippen molar-refractivity contribution in [2.45, 2.75) is 38.6 Å². The summed E-state index contributed by atoms with van der Waals surface area (Å²) in [5, 5.41) is 8.08. The average Bonchev–Trinajstić information content (AvgIpc) is 3.36. The Morgan fingerprint density at radius 2 is 1.83 bits per heavy atom. The van der Waals surface area contributed by atoms with E-state index in [0.717, 1.165) is 43.3 Å². The average molecular weight is 613 g/mol. The molecule has 2 N–H and O–H groups in total. The highest BCUT2D eigenvalue weighted by Crippen LogP contribution is 2.32. The number of nitrogens with one attached hydrogen (secondary N) is 2. The van der Waals surface area contributed by atoms with Gasteiger partial charge in [0.1, 0.15) is 5.15 Å². The van der Waals surface area contributed by atoms with Gasteiger partial charge in [0.2, 0.25) is 16.0 Å². The molecule has 0 spiro atoms. The minimum atomic E-state index is -3.83. The van der Waals surface area contributed by atoms with Crippen molar-refractivity contribution in [3.8, 4) is 0 Å². The Labute approximate surface area is 248 Å². The van der Waals surface area contributed by atoms with E-state index in [9.17, 15) is 18.0 Å². The quantitative estimate of drug-likeness (QED) is 0.300. The number of amides is 1. The number of carbonyl (C=O) groups is 1. The fourth-order valence-corrected chi connectivity index (χ4v) is 6.15. The molecule has 1 fully saturated rings. The highest BCUT2D eigenvalue weighted by atomic mass is 35.5. The third-order valence-electron chi connectivity index (χ3n) is 7.58. The molecule has 4 aromatic rings. The molecule has 222 valence electrons. The molecule has 3 aromatic heterocycles. The number of nitrogens with zero attached hydrogens (tertiary/aromatic N) is 6. The summed E-state index contributed by atoms with van der Waals surface area (Å²) in [5.41, 5.74) is 3.34. The van der Waals surface area contributed by atoms with Crippen molar-refractivity contribution in [1.82, 2.24) is 29.0 Å². The number of pyridine rings is 1. The second-order valence-corrected chi connectivity index (χ2v) is 12.9. The first kappa shape index (κ1) is 29.5. The summed E-state index contributed by atoms with van der Waals surface area (Å²) in [6.07, 6.45) is 4.52. The zero-order valence-corrected chi connectivity index (χ0v) is 25.6. The lowest BCUT2D eigenvalue weighted by Crippen LogP contribution is -2.38. The van der Waals surface area contributed by atoms with E-state index in [1.807, 2.05) is 48.6 Å². The van der Waals surface area contributed by atoms with Crippen molar-refractivity contribution in [3.05, 3.63) is 74.6 Å². The van der Waals surface area contributed by atoms with Gasteiger partial charge in [0.25, 0.3) is 11.5 Å². The molecular weight excluding hydrogens is 580 g/mol. The van der Waals surface area contributed by atoms with Crippen LogP contribution >= 0.6 is 11.6 Å². The molecule has 0 aliphatic carbocycles. The molecule has 1 aromatic carbocycles. The molecule has 1 aliphatic rings. The van der Waals surface area contributed by atoms with Gasteiger partial charge in [-0.05, 0) is 56.5 Å². The fourth-order valence-electron chi connectivity index (χ4n) is 5.57. The molecule has 4 heterocycles. The summed E-state index contributed by atoms with van der Waals surface area (Å²) in [6.45, 7) is 5.26. The van der Waals surface area contributed by atoms with Gasteiger partial charge in [-0.25, -0.2) is 23.1 Å². The number of benzene rings is 1. The Kier molecular flexibility index (Phi) is 7.99. The van der Waals surface area contributed by atoms with Gasteiger partial charge < -0.3 is 10.2 Å². The number of aromatic nitrogens is 5. The second kappa shape index (κ2) is 11.4. The van der Waals surface area contributed by atoms with E-state index in [-0.39, 0.29) is 22.1 Å². The summed E-state index contributed by atoms with van der Waals surface area (Å²) in [4.78, 5) is 37.6. The number of carbonyl (C=O) groups excluding carboxylic acids is 1. The van der Waals surface area contributed by atoms with Crippen LogP contribution in [-0.4, -0.2) is 58.0 Å². The number of halogens is 1. The monoisotopic (exact) mass is 612 g/mol. The van der Waals surface area contributed by atoms with Crippen molar-refractivity contribution < 1.29 is 13.2 Å². The molecule has 0 unspecified atom stereocenters. The lowest BCUT2D eigenvalue weighted by Gasteiger charge is -2.33. The SMILES string of the molecule is Cc1cc([C@@H](C)Nc2ccc(Cl)nc2C(=O)NS(C)(=O)=O)c2nc(N3CCC(c4ccnn4C)CC3)n(C)c(=O)c2c1. The largest absolute Gasteiger partial charge is 0.377 e. The molecule has 42 heavy (non-hydrogen) atoms. The van der Waals surface area contributed by atoms with Crippen LogP contribution in [0, 0.1) is 6.92 Å². The van der Waals surface area contributed by atoms with E-state index in [2.05, 4.69) is 26.4 Å². The van der Waals surface area contributed by atoms with Crippen molar-refractivity contribution in [1.29, 1.82) is 0 Å². The molecule has 1 amide bonds. The number of rotatable bonds is 7. The van der Waals surface area contributed by atoms with Crippen LogP contribution in [0.2, 0.25) is 5.15 Å². The maximum absolute atomic E-state index is 13.6. The number of hydrogen-bond donors (Lipinski definition) is 2. The molecular formula is C28H33ClN8O4S. The maximum atomic E-state index is 13.6. The number of anilines is 2. The summed E-state index contributed by atoms with van der Waals surface area (Å²) < 4.78 is 28.8. The summed E-state index contributed by atoms with van der Waals surface area (Å²) in [7, 11) is -0.128. The lowest BCUT2D eigenvalue weighted by molar-refractivity contribution is 0.0977. The molecule has 5 rings (SSSR count). The van der Waals surface area contributed by atoms with Gasteiger partial charge in [-0.3, -0.25) is 18.8 Å². The van der Waals surface area contributed by atoms with Gasteiger partial charge in [0.15, 0.2) is 5.69 Å². The highest BCUT2D eigenvalue weighted by Gasteiger charge is 2.27. The topological polar surface area (TPSA) is 144 Å². The standard InChI is InChI=1S/C28H33ClN8O4S/c1-16-14-19(17(2)31-21-6-7-23(29)32-25(21)26(38)34-42(5,40)41)24-20(15-16)27(39)35(3)28(33-24)37-12-9-18(10-13-37)22-8-11-30-36(22)4/h6-8,11,14-15,17-18,31H,9-10,12-13H2,1-5H3,(H,34,38)/t17-/m1/s1. The molecule has 0 saturated carbocycles. The predicted molar refractivity (Wildman–Crippen MR) is 163 cm³/mol. The van der Waals surface area contributed by atoms with Crippen LogP contribution in [0.1, 0.15) is 59.0 Å². The number of aryl methyl sites for hydroxylation is 2. The van der Waals surface area contributed by atoms with Gasteiger partial charge in [0.05, 0.1) is 28.9 Å². The van der Waals surface area contributed by atoms with Crippen molar-refractivity contribution in [2.24, 2.45) is 14.1 Å². The van der Waals surface area contributed by atoms with Gasteiger partial charge in [-0.2, -0.15) is 5.10 Å². The van der Waals surface area contributed by atoms with Gasteiger partial charge >= 0.3 is 0 Å². The summed E-state index contributed by atoms with van der Waals surface area (Å²) >= 11 is 6.03. The van der Waals surface area contributed by atoms with Crippen LogP contribution in [0.3, 0.4) is 0 Å². The van der Waals surface area contributed by atoms with Crippen LogP contribution < -0.4 is 20.5 Å². The molecule has 0 radical (unpaired) electrons. The minimum absolute atomic E-state index is 0.0369.